The highest BCUT2D eigenvalue weighted by Gasteiger charge is 2.44. The fourth-order valence-corrected chi connectivity index (χ4v) is 3.77. The average Bonchev–Trinajstić information content (AvgIpc) is 2.75. The number of ether oxygens (including phenoxy) is 2. The highest BCUT2D eigenvalue weighted by Crippen LogP contribution is 2.51. The average molecular weight is 404 g/mol. The van der Waals surface area contributed by atoms with E-state index in [-0.39, 0.29) is 5.92 Å². The molecule has 0 aliphatic carbocycles. The minimum Gasteiger partial charge on any atom is -0.497 e. The summed E-state index contributed by atoms with van der Waals surface area (Å²) in [6.45, 7) is 4.07. The summed E-state index contributed by atoms with van der Waals surface area (Å²) >= 11 is 0. The summed E-state index contributed by atoms with van der Waals surface area (Å²) < 4.78 is 11.2. The lowest BCUT2D eigenvalue weighted by molar-refractivity contribution is -0.147. The maximum Gasteiger partial charge on any atom is 0.310 e. The molecule has 0 amide bonds. The first kappa shape index (κ1) is 19.8. The number of nitrogens with one attached hydrogen (secondary N) is 1. The number of aliphatic carboxylic acids is 1. The SMILES string of the molecule is COc1ccc(CNc2ccc3c(n2)Oc2ccccc2[C@@H]3C(C)(C)C(=O)O)cc1. The van der Waals surface area contributed by atoms with Crippen molar-refractivity contribution in [1.82, 2.24) is 4.98 Å². The molecular weight excluding hydrogens is 380 g/mol. The molecule has 2 aromatic carbocycles. The number of carbonyl (C=O) groups is 1. The summed E-state index contributed by atoms with van der Waals surface area (Å²) in [7, 11) is 1.64. The van der Waals surface area contributed by atoms with E-state index < -0.39 is 11.4 Å². The molecule has 4 rings (SSSR count). The van der Waals surface area contributed by atoms with Crippen LogP contribution in [0.1, 0.15) is 36.5 Å². The lowest BCUT2D eigenvalue weighted by atomic mass is 9.70. The van der Waals surface area contributed by atoms with Crippen LogP contribution in [-0.4, -0.2) is 23.2 Å². The van der Waals surface area contributed by atoms with Gasteiger partial charge in [-0.15, -0.1) is 0 Å². The van der Waals surface area contributed by atoms with Gasteiger partial charge in [-0.05, 0) is 49.7 Å². The zero-order chi connectivity index (χ0) is 21.3. The summed E-state index contributed by atoms with van der Waals surface area (Å²) in [4.78, 5) is 16.7. The molecule has 1 aromatic heterocycles. The van der Waals surface area contributed by atoms with E-state index in [1.807, 2.05) is 60.7 Å². The lowest BCUT2D eigenvalue weighted by Crippen LogP contribution is -2.33. The first-order chi connectivity index (χ1) is 14.4. The zero-order valence-electron chi connectivity index (χ0n) is 17.2. The van der Waals surface area contributed by atoms with E-state index in [1.165, 1.54) is 0 Å². The smallest absolute Gasteiger partial charge is 0.310 e. The van der Waals surface area contributed by atoms with Gasteiger partial charge in [-0.25, -0.2) is 0 Å². The Morgan fingerprint density at radius 3 is 2.53 bits per heavy atom. The third-order valence-corrected chi connectivity index (χ3v) is 5.54. The van der Waals surface area contributed by atoms with Crippen LogP contribution in [0.25, 0.3) is 0 Å². The largest absolute Gasteiger partial charge is 0.497 e. The number of hydrogen-bond donors (Lipinski definition) is 2. The van der Waals surface area contributed by atoms with Crippen LogP contribution in [0.5, 0.6) is 17.4 Å². The molecule has 2 heterocycles. The Morgan fingerprint density at radius 2 is 1.83 bits per heavy atom. The Balaban J connectivity index is 1.64. The number of aromatic nitrogens is 1. The maximum atomic E-state index is 12.0. The predicted molar refractivity (Wildman–Crippen MR) is 114 cm³/mol. The number of rotatable bonds is 6. The first-order valence-electron chi connectivity index (χ1n) is 9.78. The molecule has 3 aromatic rings. The van der Waals surface area contributed by atoms with E-state index in [0.717, 1.165) is 22.4 Å². The van der Waals surface area contributed by atoms with Crippen molar-refractivity contribution in [3.8, 4) is 17.4 Å². The van der Waals surface area contributed by atoms with E-state index in [1.54, 1.807) is 21.0 Å². The topological polar surface area (TPSA) is 80.7 Å². The Hall–Kier alpha value is -3.54. The number of fused-ring (bicyclic) bond motifs is 2. The van der Waals surface area contributed by atoms with E-state index >= 15 is 0 Å². The summed E-state index contributed by atoms with van der Waals surface area (Å²) in [5.74, 6) is 1.33. The second-order valence-corrected chi connectivity index (χ2v) is 7.89. The molecule has 0 fully saturated rings. The summed E-state index contributed by atoms with van der Waals surface area (Å²) in [5, 5.41) is 13.2. The Labute approximate surface area is 175 Å². The van der Waals surface area contributed by atoms with Crippen molar-refractivity contribution >= 4 is 11.8 Å². The standard InChI is InChI=1S/C24H24N2O4/c1-24(2,23(27)28)21-17-6-4-5-7-19(17)30-22-18(21)12-13-20(26-22)25-14-15-8-10-16(29-3)11-9-15/h4-13,21H,14H2,1-3H3,(H,25,26)(H,27,28)/t21-/m0/s1. The number of anilines is 1. The molecule has 0 bridgehead atoms. The van der Waals surface area contributed by atoms with Gasteiger partial charge in [0.05, 0.1) is 12.5 Å². The Morgan fingerprint density at radius 1 is 1.10 bits per heavy atom. The number of methoxy groups -OCH3 is 1. The van der Waals surface area contributed by atoms with Gasteiger partial charge in [-0.3, -0.25) is 4.79 Å². The molecule has 2 N–H and O–H groups in total. The van der Waals surface area contributed by atoms with Gasteiger partial charge >= 0.3 is 5.97 Å². The normalized spacial score (nSPS) is 14.8. The summed E-state index contributed by atoms with van der Waals surface area (Å²) in [6.07, 6.45) is 0. The van der Waals surface area contributed by atoms with Crippen LogP contribution < -0.4 is 14.8 Å². The molecule has 1 atom stereocenters. The molecule has 0 saturated carbocycles. The van der Waals surface area contributed by atoms with Gasteiger partial charge in [0, 0.05) is 23.6 Å². The quantitative estimate of drug-likeness (QED) is 0.598. The Kier molecular flexibility index (Phi) is 5.08. The van der Waals surface area contributed by atoms with Crippen LogP contribution >= 0.6 is 0 Å². The van der Waals surface area contributed by atoms with E-state index in [9.17, 15) is 9.90 Å². The van der Waals surface area contributed by atoms with Crippen molar-refractivity contribution in [3.05, 3.63) is 77.4 Å². The van der Waals surface area contributed by atoms with Crippen LogP contribution in [-0.2, 0) is 11.3 Å². The number of pyridine rings is 1. The predicted octanol–water partition coefficient (Wildman–Crippen LogP) is 5.05. The third kappa shape index (κ3) is 3.56. The highest BCUT2D eigenvalue weighted by atomic mass is 16.5. The van der Waals surface area contributed by atoms with Gasteiger partial charge in [0.2, 0.25) is 5.88 Å². The third-order valence-electron chi connectivity index (χ3n) is 5.54. The second-order valence-electron chi connectivity index (χ2n) is 7.89. The monoisotopic (exact) mass is 404 g/mol. The number of nitrogens with zero attached hydrogens (tertiary/aromatic N) is 1. The zero-order valence-corrected chi connectivity index (χ0v) is 17.2. The molecule has 0 unspecified atom stereocenters. The minimum atomic E-state index is -1.02. The molecule has 0 spiro atoms. The molecule has 1 aliphatic heterocycles. The van der Waals surface area contributed by atoms with Crippen LogP contribution in [0.4, 0.5) is 5.82 Å². The molecule has 6 nitrogen and oxygen atoms in total. The van der Waals surface area contributed by atoms with Crippen molar-refractivity contribution < 1.29 is 19.4 Å². The number of para-hydroxylation sites is 1. The van der Waals surface area contributed by atoms with Gasteiger partial charge in [0.1, 0.15) is 17.3 Å². The van der Waals surface area contributed by atoms with E-state index in [2.05, 4.69) is 10.3 Å². The van der Waals surface area contributed by atoms with Crippen molar-refractivity contribution in [2.75, 3.05) is 12.4 Å². The number of benzene rings is 2. The van der Waals surface area contributed by atoms with Crippen LogP contribution in [0.2, 0.25) is 0 Å². The molecule has 1 aliphatic rings. The van der Waals surface area contributed by atoms with Crippen LogP contribution in [0, 0.1) is 5.41 Å². The number of carboxylic acid groups (broad SMARTS) is 1. The molecule has 6 heteroatoms. The van der Waals surface area contributed by atoms with Gasteiger partial charge in [-0.2, -0.15) is 4.98 Å². The van der Waals surface area contributed by atoms with Crippen molar-refractivity contribution in [3.63, 3.8) is 0 Å². The Bertz CT molecular complexity index is 1080. The molecule has 30 heavy (non-hydrogen) atoms. The molecular formula is C24H24N2O4. The van der Waals surface area contributed by atoms with Crippen LogP contribution in [0.3, 0.4) is 0 Å². The van der Waals surface area contributed by atoms with Crippen LogP contribution in [0.15, 0.2) is 60.7 Å². The fourth-order valence-electron chi connectivity index (χ4n) is 3.77. The fraction of sp³-hybridized carbons (Fsp3) is 0.250. The molecule has 154 valence electrons. The maximum absolute atomic E-state index is 12.0. The van der Waals surface area contributed by atoms with Gasteiger partial charge < -0.3 is 19.9 Å². The number of hydrogen-bond acceptors (Lipinski definition) is 5. The second kappa shape index (κ2) is 7.71. The van der Waals surface area contributed by atoms with Crippen molar-refractivity contribution in [2.24, 2.45) is 5.41 Å². The summed E-state index contributed by atoms with van der Waals surface area (Å²) in [5.41, 5.74) is 1.70. The molecule has 0 saturated heterocycles. The first-order valence-corrected chi connectivity index (χ1v) is 9.78. The van der Waals surface area contributed by atoms with E-state index in [0.29, 0.717) is 24.0 Å². The lowest BCUT2D eigenvalue weighted by Gasteiger charge is -2.36. The highest BCUT2D eigenvalue weighted by molar-refractivity contribution is 5.77. The summed E-state index contributed by atoms with van der Waals surface area (Å²) in [6, 6.07) is 19.1. The van der Waals surface area contributed by atoms with Crippen molar-refractivity contribution in [2.45, 2.75) is 26.3 Å². The van der Waals surface area contributed by atoms with Gasteiger partial charge in [0.15, 0.2) is 0 Å². The number of carboxylic acids is 1. The molecule has 0 radical (unpaired) electrons. The van der Waals surface area contributed by atoms with E-state index in [4.69, 9.17) is 9.47 Å². The van der Waals surface area contributed by atoms with Gasteiger partial charge in [-0.1, -0.05) is 30.3 Å². The van der Waals surface area contributed by atoms with Crippen molar-refractivity contribution in [1.29, 1.82) is 0 Å². The van der Waals surface area contributed by atoms with Gasteiger partial charge in [0.25, 0.3) is 0 Å². The minimum absolute atomic E-state index is 0.363.